The van der Waals surface area contributed by atoms with E-state index in [9.17, 15) is 0 Å². The van der Waals surface area contributed by atoms with Crippen molar-refractivity contribution in [3.8, 4) is 0 Å². The van der Waals surface area contributed by atoms with Crippen molar-refractivity contribution in [2.75, 3.05) is 0 Å². The second-order valence-corrected chi connectivity index (χ2v) is 45.5. The van der Waals surface area contributed by atoms with Gasteiger partial charge in [0.05, 0.1) is 0 Å². The van der Waals surface area contributed by atoms with Crippen molar-refractivity contribution in [2.45, 2.75) is 48.5 Å². The van der Waals surface area contributed by atoms with E-state index in [1.165, 1.54) is 38.9 Å². The maximum atomic E-state index is 4.99. The molecule has 201 valence electrons. The molecule has 0 spiro atoms. The first-order valence-electron chi connectivity index (χ1n) is 9.53. The molecule has 0 aliphatic rings. The van der Waals surface area contributed by atoms with Gasteiger partial charge in [0.25, 0.3) is 0 Å². The van der Waals surface area contributed by atoms with E-state index < -0.39 is 28.2 Å². The molecule has 0 nitrogen and oxygen atoms in total. The molecule has 0 saturated carbocycles. The van der Waals surface area contributed by atoms with Gasteiger partial charge in [-0.15, -0.1) is 0 Å². The van der Waals surface area contributed by atoms with E-state index in [2.05, 4.69) is 60.6 Å². The number of benzene rings is 2. The fraction of sp³-hybridized carbons (Fsp3) is 0.368. The number of rotatable bonds is 0. The van der Waals surface area contributed by atoms with Crippen LogP contribution in [-0.4, -0.2) is 28.2 Å². The van der Waals surface area contributed by atoms with Crippen LogP contribution in [-0.2, 0) is 0 Å². The van der Waals surface area contributed by atoms with Crippen molar-refractivity contribution < 1.29 is 40.4 Å². The predicted octanol–water partition coefficient (Wildman–Crippen LogP) is 12.7. The van der Waals surface area contributed by atoms with Gasteiger partial charge in [-0.1, -0.05) is 35.9 Å². The fourth-order valence-electron chi connectivity index (χ4n) is 2.22. The summed E-state index contributed by atoms with van der Waals surface area (Å²) < 4.78 is 0. The molecule has 0 N–H and O–H groups in total. The minimum Gasteiger partial charge on any atom is -0.391 e. The van der Waals surface area contributed by atoms with Gasteiger partial charge in [-0.05, 0) is 81.8 Å². The summed E-state index contributed by atoms with van der Waals surface area (Å²) in [4.78, 5) is 0. The summed E-state index contributed by atoms with van der Waals surface area (Å²) >= 11 is 0. The van der Waals surface area contributed by atoms with Crippen LogP contribution in [0.1, 0.15) is 38.9 Å². The van der Waals surface area contributed by atoms with E-state index in [4.69, 9.17) is 121 Å². The van der Waals surface area contributed by atoms with Gasteiger partial charge >= 0.3 is 68.6 Å². The van der Waals surface area contributed by atoms with Crippen LogP contribution >= 0.6 is 121 Å². The van der Waals surface area contributed by atoms with Crippen LogP contribution in [0.3, 0.4) is 0 Å². The van der Waals surface area contributed by atoms with Crippen LogP contribution in [0.15, 0.2) is 30.3 Å². The van der Waals surface area contributed by atoms with E-state index in [0.717, 1.165) is 0 Å². The normalized spacial score (nSPS) is 10.5. The van der Waals surface area contributed by atoms with Gasteiger partial charge in [0.1, 0.15) is 0 Å². The molecule has 0 amide bonds. The van der Waals surface area contributed by atoms with Gasteiger partial charge in [0.2, 0.25) is 0 Å². The molecule has 0 aliphatic heterocycles. The van der Waals surface area contributed by atoms with Crippen LogP contribution in [0.25, 0.3) is 0 Å². The first-order chi connectivity index (χ1) is 14.9. The number of aryl methyl sites for hydroxylation is 1. The molecule has 0 aromatic heterocycles. The van der Waals surface area contributed by atoms with Gasteiger partial charge < -0.3 is 121 Å². The molecule has 0 saturated heterocycles. The summed E-state index contributed by atoms with van der Waals surface area (Å²) in [5, 5.41) is 0. The minimum absolute atomic E-state index is 0. The topological polar surface area (TPSA) is 0 Å². The average Bonchev–Trinajstić information content (AvgIpc) is 2.60. The molecule has 0 bridgehead atoms. The van der Waals surface area contributed by atoms with Gasteiger partial charge in [0, 0.05) is 0 Å². The fourth-order valence-corrected chi connectivity index (χ4v) is 2.22. The maximum absolute atomic E-state index is 4.99. The summed E-state index contributed by atoms with van der Waals surface area (Å²) in [6.45, 7) is 15.4. The van der Waals surface area contributed by atoms with E-state index in [-0.39, 0.29) is 40.4 Å². The zero-order valence-corrected chi connectivity index (χ0v) is 35.2. The molecular weight excluding hydrogens is 885 g/mol. The third kappa shape index (κ3) is 38.9. The minimum atomic E-state index is -2.94. The Kier molecular flexibility index (Phi) is 31.2. The van der Waals surface area contributed by atoms with Gasteiger partial charge in [0.15, 0.2) is 0 Å². The van der Waals surface area contributed by atoms with Crippen molar-refractivity contribution >= 4 is 149 Å². The van der Waals surface area contributed by atoms with Crippen molar-refractivity contribution in [1.29, 1.82) is 0 Å². The Morgan fingerprint density at radius 3 is 0.600 bits per heavy atom. The Balaban J connectivity index is -0.000000182. The predicted molar refractivity (Wildman–Crippen MR) is 174 cm³/mol. The van der Waals surface area contributed by atoms with Crippen molar-refractivity contribution in [1.82, 2.24) is 0 Å². The van der Waals surface area contributed by atoms with Crippen LogP contribution in [0, 0.1) is 88.9 Å². The Bertz CT molecular complexity index is 685. The maximum Gasteiger partial charge on any atom is 3.00 e. The van der Waals surface area contributed by atoms with Crippen LogP contribution in [0.5, 0.6) is 0 Å². The third-order valence-corrected chi connectivity index (χ3v) is 4.32. The Morgan fingerprint density at radius 2 is 0.514 bits per heavy atom. The van der Waals surface area contributed by atoms with Crippen molar-refractivity contribution in [2.24, 2.45) is 0 Å². The molecule has 2 rings (SSSR count). The number of hydrogen-bond donors (Lipinski definition) is 0. The molecule has 0 heterocycles. The van der Waals surface area contributed by atoms with Gasteiger partial charge in [-0.2, -0.15) is 0 Å². The zero-order chi connectivity index (χ0) is 28.1. The number of hydrogen-bond acceptors (Lipinski definition) is 0. The second-order valence-electron chi connectivity index (χ2n) is 6.89. The Morgan fingerprint density at radius 1 is 0.371 bits per heavy atom. The van der Waals surface area contributed by atoms with E-state index in [1.54, 1.807) is 0 Å². The molecule has 1 radical (unpaired) electrons. The smallest absolute Gasteiger partial charge is 0.391 e. The quantitative estimate of drug-likeness (QED) is 0.231. The van der Waals surface area contributed by atoms with Gasteiger partial charge in [-0.3, -0.25) is 0 Å². The summed E-state index contributed by atoms with van der Waals surface area (Å²) in [6, 6.07) is 10.3. The SMILES string of the molecule is Cc1c(C)c(C)c(C)c(C)c1C.Cc1ccccc1.[Cl][Al-]([Cl])([Cl])[Cl].[Cl][Al-]([Cl])([Cl])[Cl].[Cl][Al-]([Cl])([Cl])[Cl].[Sm+3]. The van der Waals surface area contributed by atoms with Crippen LogP contribution in [0.4, 0.5) is 0 Å². The molecule has 2 aromatic rings. The van der Waals surface area contributed by atoms with E-state index >= 15 is 0 Å². The van der Waals surface area contributed by atoms with E-state index in [0.29, 0.717) is 0 Å². The summed E-state index contributed by atoms with van der Waals surface area (Å²) in [6.07, 6.45) is 0. The average molecular weight is 911 g/mol. The molecule has 0 unspecified atom stereocenters. The van der Waals surface area contributed by atoms with Crippen molar-refractivity contribution in [3.05, 3.63) is 69.3 Å². The van der Waals surface area contributed by atoms with Crippen LogP contribution < -0.4 is 0 Å². The molecule has 0 aliphatic carbocycles. The molecule has 0 atom stereocenters. The molecule has 0 fully saturated rings. The number of halogens is 12. The zero-order valence-electron chi connectivity index (χ0n) is 20.1. The summed E-state index contributed by atoms with van der Waals surface area (Å²) in [5.41, 5.74) is 10.0. The first kappa shape index (κ1) is 46.8. The van der Waals surface area contributed by atoms with E-state index in [1.807, 2.05) is 18.2 Å². The van der Waals surface area contributed by atoms with Crippen LogP contribution in [0.2, 0.25) is 0 Å². The molecule has 16 heteroatoms. The third-order valence-electron chi connectivity index (χ3n) is 4.32. The van der Waals surface area contributed by atoms with Crippen molar-refractivity contribution in [3.63, 3.8) is 0 Å². The standard InChI is InChI=1S/C12H18.C7H8.3Al.12ClH.Sm/c1-7-8(2)10(4)12(6)11(5)9(7)3;1-7-5-3-2-4-6-7;;;;;;;;;;;;;;;;/h1-6H3;2-6H,1H3;;;;12*1H;/q;;3*+3;;;;;;;;;;;;;+3/p-12. The summed E-state index contributed by atoms with van der Waals surface area (Å²) in [7, 11) is 51.1. The second kappa shape index (κ2) is 23.3. The first-order valence-corrected chi connectivity index (χ1v) is 30.5. The largest absolute Gasteiger partial charge is 3.00 e. The van der Waals surface area contributed by atoms with Gasteiger partial charge in [-0.25, -0.2) is 0 Å². The molecule has 35 heavy (non-hydrogen) atoms. The summed E-state index contributed by atoms with van der Waals surface area (Å²) in [5.74, 6) is 0. The Labute approximate surface area is 301 Å². The monoisotopic (exact) mass is 907 g/mol. The molecule has 2 aromatic carbocycles. The Hall–Kier alpha value is 4.86. The molecular formula is C19H26Al3Cl12Sm.